The first-order chi connectivity index (χ1) is 22.9. The van der Waals surface area contributed by atoms with E-state index >= 15 is 0 Å². The Kier molecular flexibility index (Phi) is 12.3. The fraction of sp³-hybridized carbons (Fsp3) is 0.649. The predicted octanol–water partition coefficient (Wildman–Crippen LogP) is 5.31. The molecule has 0 radical (unpaired) electrons. The van der Waals surface area contributed by atoms with Crippen LogP contribution < -0.4 is 15.0 Å². The van der Waals surface area contributed by atoms with E-state index in [-0.39, 0.29) is 42.9 Å². The molecule has 3 aliphatic heterocycles. The molecular weight excluding hydrogens is 650 g/mol. The number of halogens is 1. The number of hydrogen-bond donors (Lipinski definition) is 2. The molecule has 11 nitrogen and oxygen atoms in total. The Morgan fingerprint density at radius 2 is 1.94 bits per heavy atom. The van der Waals surface area contributed by atoms with Crippen molar-refractivity contribution in [3.05, 3.63) is 46.5 Å². The van der Waals surface area contributed by atoms with Crippen LogP contribution in [0.5, 0.6) is 5.75 Å². The number of benzene rings is 1. The molecule has 8 atom stereocenters. The van der Waals surface area contributed by atoms with Crippen LogP contribution >= 0.6 is 11.6 Å². The summed E-state index contributed by atoms with van der Waals surface area (Å²) >= 11 is 6.78. The van der Waals surface area contributed by atoms with E-state index in [1.807, 2.05) is 57.9 Å². The first kappa shape index (κ1) is 38.8. The molecule has 3 aliphatic rings. The number of epoxide rings is 1. The number of rotatable bonds is 8. The number of carbonyl (C=O) groups excluding carboxylic acids is 3. The molecule has 4 bridgehead atoms. The standard InChI is InChI=1S/C37H54ClN3O8/c1-21(2)20-40(7)24(5)28(42)17-26-18-32(43)41(8)27-15-25(16-29(46-9)33(27)38)14-22(3)12-11-13-31(47-10)37(45)19-30(48-35(44)39-37)23(4)34-36(26,6)49-34/h11-13,15-16,21,23-24,26,30-31,34,45H,14,17-20H2,1-10H3,(H,39,44)/b13-11+,22-12+/t23-,24+,26+,30+,31-,34+,36+,37+/m1/s1. The lowest BCUT2D eigenvalue weighted by Gasteiger charge is -2.42. The van der Waals surface area contributed by atoms with E-state index in [2.05, 4.69) is 19.2 Å². The summed E-state index contributed by atoms with van der Waals surface area (Å²) in [4.78, 5) is 44.3. The Hall–Kier alpha value is -2.96. The molecule has 272 valence electrons. The van der Waals surface area contributed by atoms with Gasteiger partial charge in [-0.05, 0) is 57.9 Å². The van der Waals surface area contributed by atoms with E-state index in [4.69, 9.17) is 30.5 Å². The van der Waals surface area contributed by atoms with Gasteiger partial charge in [0.05, 0.1) is 30.5 Å². The average Bonchev–Trinajstić information content (AvgIpc) is 3.73. The average molecular weight is 704 g/mol. The highest BCUT2D eigenvalue weighted by Crippen LogP contribution is 2.52. The van der Waals surface area contributed by atoms with E-state index in [1.165, 1.54) is 19.1 Å². The van der Waals surface area contributed by atoms with E-state index < -0.39 is 41.6 Å². The van der Waals surface area contributed by atoms with Crippen LogP contribution in [0.4, 0.5) is 10.5 Å². The van der Waals surface area contributed by atoms with Crippen LogP contribution in [0.2, 0.25) is 5.02 Å². The van der Waals surface area contributed by atoms with Gasteiger partial charge in [-0.2, -0.15) is 0 Å². The molecule has 49 heavy (non-hydrogen) atoms. The zero-order valence-electron chi connectivity index (χ0n) is 30.5. The van der Waals surface area contributed by atoms with E-state index in [1.54, 1.807) is 19.2 Å². The predicted molar refractivity (Wildman–Crippen MR) is 189 cm³/mol. The summed E-state index contributed by atoms with van der Waals surface area (Å²) in [6.07, 6.45) is 3.21. The highest BCUT2D eigenvalue weighted by atomic mass is 35.5. The number of hydrogen-bond acceptors (Lipinski definition) is 9. The summed E-state index contributed by atoms with van der Waals surface area (Å²) < 4.78 is 23.4. The van der Waals surface area contributed by atoms with Gasteiger partial charge in [0.25, 0.3) is 0 Å². The molecule has 2 amide bonds. The number of methoxy groups -OCH3 is 2. The molecule has 1 aromatic carbocycles. The highest BCUT2D eigenvalue weighted by molar-refractivity contribution is 6.35. The number of allylic oxidation sites excluding steroid dienone is 3. The third kappa shape index (κ3) is 8.68. The Balaban J connectivity index is 1.78. The van der Waals surface area contributed by atoms with Crippen LogP contribution in [-0.4, -0.2) is 98.3 Å². The van der Waals surface area contributed by atoms with Crippen molar-refractivity contribution in [3.63, 3.8) is 0 Å². The van der Waals surface area contributed by atoms with Crippen LogP contribution in [0.1, 0.15) is 66.4 Å². The third-order valence-corrected chi connectivity index (χ3v) is 10.8. The topological polar surface area (TPSA) is 130 Å². The van der Waals surface area contributed by atoms with E-state index in [0.29, 0.717) is 28.8 Å². The Bertz CT molecular complexity index is 1460. The van der Waals surface area contributed by atoms with Gasteiger partial charge in [-0.3, -0.25) is 19.8 Å². The van der Waals surface area contributed by atoms with Gasteiger partial charge in [0.2, 0.25) is 5.91 Å². The number of Topliss-reactive ketones (excluding diaryl/α,β-unsaturated/α-hetero) is 1. The first-order valence-corrected chi connectivity index (χ1v) is 17.4. The summed E-state index contributed by atoms with van der Waals surface area (Å²) in [6.45, 7) is 12.6. The lowest BCUT2D eigenvalue weighted by Crippen LogP contribution is -2.63. The van der Waals surface area contributed by atoms with Gasteiger partial charge in [0.1, 0.15) is 28.8 Å². The monoisotopic (exact) mass is 703 g/mol. The number of fused-ring (bicyclic) bond motifs is 5. The van der Waals surface area contributed by atoms with Crippen molar-refractivity contribution in [2.24, 2.45) is 17.8 Å². The maximum Gasteiger partial charge on any atom is 0.409 e. The van der Waals surface area contributed by atoms with E-state index in [0.717, 1.165) is 17.7 Å². The second kappa shape index (κ2) is 15.5. The van der Waals surface area contributed by atoms with Gasteiger partial charge in [-0.15, -0.1) is 0 Å². The van der Waals surface area contributed by atoms with Gasteiger partial charge in [-0.25, -0.2) is 4.79 Å². The molecule has 12 heteroatoms. The van der Waals surface area contributed by atoms with Crippen LogP contribution in [-0.2, 0) is 30.2 Å². The smallest absolute Gasteiger partial charge is 0.409 e. The van der Waals surface area contributed by atoms with Crippen LogP contribution in [0.25, 0.3) is 0 Å². The number of likely N-dealkylation sites (N-methyl/N-ethyl adjacent to an activating group) is 1. The number of amides is 2. The Morgan fingerprint density at radius 3 is 2.57 bits per heavy atom. The lowest BCUT2D eigenvalue weighted by atomic mass is 9.77. The molecule has 2 fully saturated rings. The van der Waals surface area contributed by atoms with Crippen molar-refractivity contribution >= 4 is 35.1 Å². The molecule has 0 unspecified atom stereocenters. The van der Waals surface area contributed by atoms with E-state index in [9.17, 15) is 19.5 Å². The maximum atomic E-state index is 14.1. The summed E-state index contributed by atoms with van der Waals surface area (Å²) in [5.41, 5.74) is -0.290. The normalized spacial score (nSPS) is 33.2. The van der Waals surface area contributed by atoms with Crippen molar-refractivity contribution < 1.29 is 38.4 Å². The van der Waals surface area contributed by atoms with Crippen molar-refractivity contribution in [3.8, 4) is 5.75 Å². The number of anilines is 1. The number of aliphatic hydroxyl groups is 1. The van der Waals surface area contributed by atoms with Crippen LogP contribution in [0.3, 0.4) is 0 Å². The lowest BCUT2D eigenvalue weighted by molar-refractivity contribution is -0.142. The minimum absolute atomic E-state index is 0.00600. The molecule has 2 N–H and O–H groups in total. The highest BCUT2D eigenvalue weighted by Gasteiger charge is 2.63. The summed E-state index contributed by atoms with van der Waals surface area (Å²) in [5, 5.41) is 14.6. The molecule has 0 aliphatic carbocycles. The number of nitrogens with one attached hydrogen (secondary N) is 1. The Morgan fingerprint density at radius 1 is 1.24 bits per heavy atom. The molecule has 0 aromatic heterocycles. The molecule has 2 saturated heterocycles. The molecular formula is C37H54ClN3O8. The van der Waals surface area contributed by atoms with Gasteiger partial charge in [0.15, 0.2) is 5.72 Å². The van der Waals surface area contributed by atoms with Gasteiger partial charge in [-0.1, -0.05) is 56.2 Å². The largest absolute Gasteiger partial charge is 0.495 e. The van der Waals surface area contributed by atoms with Crippen molar-refractivity contribution in [1.29, 1.82) is 0 Å². The first-order valence-electron chi connectivity index (χ1n) is 17.1. The molecule has 1 aromatic rings. The SMILES string of the molecule is COc1cc2cc(c1Cl)N(C)C(=O)C[C@H](CC(=O)[C@H](C)N(C)CC(C)C)[C@]1(C)O[C@H]1[C@H](C)[C@@H]1C[C@@](O)(NC(=O)O1)[C@H](OC)/C=C/C=C(\C)C2. The molecule has 0 saturated carbocycles. The third-order valence-electron chi connectivity index (χ3n) is 10.4. The summed E-state index contributed by atoms with van der Waals surface area (Å²) in [6, 6.07) is 3.35. The zero-order valence-corrected chi connectivity index (χ0v) is 31.3. The van der Waals surface area contributed by atoms with Crippen LogP contribution in [0, 0.1) is 17.8 Å². The second-order valence-electron chi connectivity index (χ2n) is 14.7. The second-order valence-corrected chi connectivity index (χ2v) is 15.1. The van der Waals surface area contributed by atoms with Gasteiger partial charge in [0, 0.05) is 51.8 Å². The molecule has 0 spiro atoms. The summed E-state index contributed by atoms with van der Waals surface area (Å²) in [7, 11) is 6.61. The fourth-order valence-electron chi connectivity index (χ4n) is 7.24. The minimum atomic E-state index is -1.75. The van der Waals surface area contributed by atoms with Crippen molar-refractivity contribution in [1.82, 2.24) is 10.2 Å². The molecule has 4 rings (SSSR count). The number of ether oxygens (including phenoxy) is 4. The van der Waals surface area contributed by atoms with Gasteiger partial charge >= 0.3 is 6.09 Å². The maximum absolute atomic E-state index is 14.1. The summed E-state index contributed by atoms with van der Waals surface area (Å²) in [5.74, 6) is -0.292. The quantitative estimate of drug-likeness (QED) is 0.346. The number of alkyl carbamates (subject to hydrolysis) is 1. The van der Waals surface area contributed by atoms with Crippen molar-refractivity contribution in [2.75, 3.05) is 39.8 Å². The zero-order chi connectivity index (χ0) is 36.4. The Labute approximate surface area is 295 Å². The number of nitrogens with zero attached hydrogens (tertiary/aromatic N) is 2. The number of carbonyl (C=O) groups is 3. The van der Waals surface area contributed by atoms with Crippen LogP contribution in [0.15, 0.2) is 35.9 Å². The minimum Gasteiger partial charge on any atom is -0.495 e. The fourth-order valence-corrected chi connectivity index (χ4v) is 7.55. The van der Waals surface area contributed by atoms with Crippen molar-refractivity contribution in [2.45, 2.75) is 103 Å². The van der Waals surface area contributed by atoms with Gasteiger partial charge < -0.3 is 29.0 Å². The molecule has 3 heterocycles. The number of ketones is 1.